The maximum Gasteiger partial charge on any atom is 0.272 e. The van der Waals surface area contributed by atoms with Crippen molar-refractivity contribution in [2.75, 3.05) is 39.4 Å². The molecule has 0 saturated carbocycles. The Morgan fingerprint density at radius 3 is 2.76 bits per heavy atom. The predicted molar refractivity (Wildman–Crippen MR) is 97.8 cm³/mol. The van der Waals surface area contributed by atoms with Crippen LogP contribution in [0.4, 0.5) is 5.69 Å². The molecule has 1 aliphatic heterocycles. The van der Waals surface area contributed by atoms with E-state index in [2.05, 4.69) is 15.5 Å². The number of benzene rings is 1. The van der Waals surface area contributed by atoms with Gasteiger partial charge in [-0.3, -0.25) is 25.1 Å². The Hall–Kier alpha value is -2.10. The number of nitrogens with one attached hydrogen (secondary N) is 2. The second-order valence-electron chi connectivity index (χ2n) is 5.78. The van der Waals surface area contributed by atoms with E-state index in [1.54, 1.807) is 6.92 Å². The minimum absolute atomic E-state index is 0.0136. The summed E-state index contributed by atoms with van der Waals surface area (Å²) in [6.45, 7) is 6.65. The fourth-order valence-corrected chi connectivity index (χ4v) is 2.75. The first kappa shape index (κ1) is 19.2. The normalized spacial score (nSPS) is 14.8. The third-order valence-electron chi connectivity index (χ3n) is 3.92. The fourth-order valence-electron chi connectivity index (χ4n) is 2.55. The van der Waals surface area contributed by atoms with Crippen LogP contribution in [0.3, 0.4) is 0 Å². The first-order valence-electron chi connectivity index (χ1n) is 8.11. The number of nitro benzene ring substituents is 1. The fraction of sp³-hybridized carbons (Fsp3) is 0.500. The molecule has 1 aliphatic rings. The Balaban J connectivity index is 1.73. The summed E-state index contributed by atoms with van der Waals surface area (Å²) in [5, 5.41) is 16.6. The number of hydrogen-bond donors (Lipinski definition) is 2. The smallest absolute Gasteiger partial charge is 0.272 e. The number of nitrogens with zero attached hydrogens (tertiary/aromatic N) is 2. The Kier molecular flexibility index (Phi) is 7.23. The van der Waals surface area contributed by atoms with E-state index in [-0.39, 0.29) is 16.7 Å². The van der Waals surface area contributed by atoms with Crippen LogP contribution in [-0.4, -0.2) is 60.2 Å². The third kappa shape index (κ3) is 6.04. The molecule has 136 valence electrons. The van der Waals surface area contributed by atoms with Gasteiger partial charge in [0.15, 0.2) is 5.11 Å². The molecular formula is C16H22N4O4S. The molecule has 0 aromatic heterocycles. The van der Waals surface area contributed by atoms with E-state index < -0.39 is 4.92 Å². The number of amides is 1. The standard InChI is InChI=1S/C16H22N4O4S/c1-12-11-13(3-4-14(12)20(22)23)15(21)18-16(25)17-5-2-6-19-7-9-24-10-8-19/h3-4,11H,2,5-10H2,1H3,(H2,17,18,21,25). The highest BCUT2D eigenvalue weighted by molar-refractivity contribution is 7.80. The molecular weight excluding hydrogens is 344 g/mol. The molecule has 0 unspecified atom stereocenters. The van der Waals surface area contributed by atoms with Crippen molar-refractivity contribution in [1.29, 1.82) is 0 Å². The van der Waals surface area contributed by atoms with Crippen molar-refractivity contribution < 1.29 is 14.5 Å². The van der Waals surface area contributed by atoms with Crippen LogP contribution in [0.2, 0.25) is 0 Å². The van der Waals surface area contributed by atoms with Gasteiger partial charge in [-0.2, -0.15) is 0 Å². The average molecular weight is 366 g/mol. The van der Waals surface area contributed by atoms with Crippen LogP contribution >= 0.6 is 12.2 Å². The van der Waals surface area contributed by atoms with E-state index in [0.717, 1.165) is 39.3 Å². The molecule has 0 bridgehead atoms. The lowest BCUT2D eigenvalue weighted by atomic mass is 10.1. The minimum Gasteiger partial charge on any atom is -0.379 e. The zero-order valence-electron chi connectivity index (χ0n) is 14.1. The highest BCUT2D eigenvalue weighted by atomic mass is 32.1. The van der Waals surface area contributed by atoms with Crippen molar-refractivity contribution in [3.8, 4) is 0 Å². The minimum atomic E-state index is -0.475. The van der Waals surface area contributed by atoms with Crippen molar-refractivity contribution in [2.45, 2.75) is 13.3 Å². The quantitative estimate of drug-likeness (QED) is 0.338. The summed E-state index contributed by atoms with van der Waals surface area (Å²) in [7, 11) is 0. The van der Waals surface area contributed by atoms with Crippen LogP contribution in [-0.2, 0) is 4.74 Å². The van der Waals surface area contributed by atoms with Crippen LogP contribution in [0.15, 0.2) is 18.2 Å². The molecule has 1 aromatic rings. The Labute approximate surface area is 151 Å². The van der Waals surface area contributed by atoms with Crippen molar-refractivity contribution in [3.63, 3.8) is 0 Å². The van der Waals surface area contributed by atoms with Crippen molar-refractivity contribution in [3.05, 3.63) is 39.4 Å². The van der Waals surface area contributed by atoms with Gasteiger partial charge in [-0.05, 0) is 44.2 Å². The Bertz CT molecular complexity index is 647. The summed E-state index contributed by atoms with van der Waals surface area (Å²) in [5.74, 6) is -0.385. The Morgan fingerprint density at radius 1 is 1.40 bits per heavy atom. The summed E-state index contributed by atoms with van der Waals surface area (Å²) in [6, 6.07) is 4.22. The van der Waals surface area contributed by atoms with Gasteiger partial charge < -0.3 is 10.1 Å². The van der Waals surface area contributed by atoms with Gasteiger partial charge in [0.05, 0.1) is 18.1 Å². The molecule has 1 saturated heterocycles. The monoisotopic (exact) mass is 366 g/mol. The van der Waals surface area contributed by atoms with Gasteiger partial charge in [0.2, 0.25) is 0 Å². The van der Waals surface area contributed by atoms with Crippen molar-refractivity contribution in [2.24, 2.45) is 0 Å². The molecule has 1 aromatic carbocycles. The van der Waals surface area contributed by atoms with Crippen LogP contribution in [0.25, 0.3) is 0 Å². The summed E-state index contributed by atoms with van der Waals surface area (Å²) >= 11 is 5.12. The number of thiocarbonyl (C=S) groups is 1. The highest BCUT2D eigenvalue weighted by Crippen LogP contribution is 2.18. The number of nitro groups is 1. The molecule has 0 spiro atoms. The van der Waals surface area contributed by atoms with Gasteiger partial charge in [-0.1, -0.05) is 0 Å². The number of carbonyl (C=O) groups is 1. The van der Waals surface area contributed by atoms with Crippen molar-refractivity contribution >= 4 is 28.9 Å². The molecule has 0 radical (unpaired) electrons. The molecule has 2 rings (SSSR count). The number of carbonyl (C=O) groups excluding carboxylic acids is 1. The van der Waals surface area contributed by atoms with E-state index in [4.69, 9.17) is 17.0 Å². The summed E-state index contributed by atoms with van der Waals surface area (Å²) in [5.41, 5.74) is 0.753. The molecule has 1 amide bonds. The molecule has 1 heterocycles. The zero-order valence-corrected chi connectivity index (χ0v) is 14.9. The van der Waals surface area contributed by atoms with Crippen LogP contribution in [0.1, 0.15) is 22.3 Å². The summed E-state index contributed by atoms with van der Waals surface area (Å²) < 4.78 is 5.30. The maximum absolute atomic E-state index is 12.1. The predicted octanol–water partition coefficient (Wildman–Crippen LogP) is 1.23. The second kappa shape index (κ2) is 9.40. The molecule has 25 heavy (non-hydrogen) atoms. The van der Waals surface area contributed by atoms with E-state index in [1.807, 2.05) is 0 Å². The van der Waals surface area contributed by atoms with Gasteiger partial charge in [0.1, 0.15) is 0 Å². The van der Waals surface area contributed by atoms with Gasteiger partial charge in [-0.15, -0.1) is 0 Å². The van der Waals surface area contributed by atoms with Crippen LogP contribution < -0.4 is 10.6 Å². The number of rotatable bonds is 6. The first-order valence-corrected chi connectivity index (χ1v) is 8.52. The molecule has 0 atom stereocenters. The number of ether oxygens (including phenoxy) is 1. The first-order chi connectivity index (χ1) is 12.0. The lowest BCUT2D eigenvalue weighted by molar-refractivity contribution is -0.385. The number of hydrogen-bond acceptors (Lipinski definition) is 6. The topological polar surface area (TPSA) is 96.7 Å². The molecule has 8 nitrogen and oxygen atoms in total. The van der Waals surface area contributed by atoms with Crippen molar-refractivity contribution in [1.82, 2.24) is 15.5 Å². The van der Waals surface area contributed by atoms with E-state index in [1.165, 1.54) is 18.2 Å². The van der Waals surface area contributed by atoms with Gasteiger partial charge in [0.25, 0.3) is 11.6 Å². The summed E-state index contributed by atoms with van der Waals surface area (Å²) in [6.07, 6.45) is 0.909. The Morgan fingerprint density at radius 2 is 2.12 bits per heavy atom. The average Bonchev–Trinajstić information content (AvgIpc) is 2.59. The SMILES string of the molecule is Cc1cc(C(=O)NC(=S)NCCCN2CCOCC2)ccc1[N+](=O)[O-]. The second-order valence-corrected chi connectivity index (χ2v) is 6.18. The highest BCUT2D eigenvalue weighted by Gasteiger charge is 2.14. The maximum atomic E-state index is 12.1. The number of aryl methyl sites for hydroxylation is 1. The van der Waals surface area contributed by atoms with Gasteiger partial charge in [-0.25, -0.2) is 0 Å². The molecule has 0 aliphatic carbocycles. The van der Waals surface area contributed by atoms with E-state index in [0.29, 0.717) is 17.7 Å². The van der Waals surface area contributed by atoms with Gasteiger partial charge >= 0.3 is 0 Å². The van der Waals surface area contributed by atoms with Gasteiger partial charge in [0, 0.05) is 36.8 Å². The number of morpholine rings is 1. The van der Waals surface area contributed by atoms with Crippen LogP contribution in [0, 0.1) is 17.0 Å². The van der Waals surface area contributed by atoms with Crippen LogP contribution in [0.5, 0.6) is 0 Å². The van der Waals surface area contributed by atoms with E-state index in [9.17, 15) is 14.9 Å². The summed E-state index contributed by atoms with van der Waals surface area (Å²) in [4.78, 5) is 24.8. The third-order valence-corrected chi connectivity index (χ3v) is 4.17. The zero-order chi connectivity index (χ0) is 18.2. The lowest BCUT2D eigenvalue weighted by Crippen LogP contribution is -2.41. The van der Waals surface area contributed by atoms with E-state index >= 15 is 0 Å². The molecule has 2 N–H and O–H groups in total. The molecule has 1 fully saturated rings. The molecule has 9 heteroatoms. The lowest BCUT2D eigenvalue weighted by Gasteiger charge is -2.26. The largest absolute Gasteiger partial charge is 0.379 e.